The summed E-state index contributed by atoms with van der Waals surface area (Å²) in [5.74, 6) is 4.74. The lowest BCUT2D eigenvalue weighted by atomic mass is 10.1. The Bertz CT molecular complexity index is 617. The molecule has 0 aliphatic rings. The third-order valence-electron chi connectivity index (χ3n) is 2.65. The highest BCUT2D eigenvalue weighted by Crippen LogP contribution is 2.12. The summed E-state index contributed by atoms with van der Waals surface area (Å²) in [6.07, 6.45) is 1.18. The van der Waals surface area contributed by atoms with Crippen LogP contribution in [0.2, 0.25) is 0 Å². The fourth-order valence-electron chi connectivity index (χ4n) is 1.59. The van der Waals surface area contributed by atoms with Gasteiger partial charge in [0, 0.05) is 30.5 Å². The van der Waals surface area contributed by atoms with E-state index in [0.29, 0.717) is 24.2 Å². The Hall–Kier alpha value is -1.42. The SMILES string of the molecule is CN(CCS(C)(=O)=O)Cc1ccc(C#CCO)cc1F. The summed E-state index contributed by atoms with van der Waals surface area (Å²) in [7, 11) is -1.28. The summed E-state index contributed by atoms with van der Waals surface area (Å²) in [6.45, 7) is 0.414. The minimum Gasteiger partial charge on any atom is -0.384 e. The summed E-state index contributed by atoms with van der Waals surface area (Å²) in [4.78, 5) is 1.75. The van der Waals surface area contributed by atoms with Gasteiger partial charge in [-0.25, -0.2) is 12.8 Å². The lowest BCUT2D eigenvalue weighted by molar-refractivity contribution is 0.340. The lowest BCUT2D eigenvalue weighted by Crippen LogP contribution is -2.25. The van der Waals surface area contributed by atoms with Crippen LogP contribution in [0.5, 0.6) is 0 Å². The number of sulfone groups is 1. The summed E-state index contributed by atoms with van der Waals surface area (Å²) >= 11 is 0. The molecule has 0 radical (unpaired) electrons. The molecule has 0 aromatic heterocycles. The van der Waals surface area contributed by atoms with Crippen molar-refractivity contribution in [3.63, 3.8) is 0 Å². The van der Waals surface area contributed by atoms with E-state index in [0.717, 1.165) is 0 Å². The van der Waals surface area contributed by atoms with E-state index in [1.165, 1.54) is 12.3 Å². The van der Waals surface area contributed by atoms with Gasteiger partial charge < -0.3 is 10.0 Å². The van der Waals surface area contributed by atoms with Crippen LogP contribution < -0.4 is 0 Å². The molecule has 1 N–H and O–H groups in total. The van der Waals surface area contributed by atoms with E-state index in [1.54, 1.807) is 24.1 Å². The standard InChI is InChI=1S/C14H18FNO3S/c1-16(7-9-20(2,18)19)11-13-6-5-12(4-3-8-17)10-14(13)15/h5-6,10,17H,7-9,11H2,1-2H3. The highest BCUT2D eigenvalue weighted by molar-refractivity contribution is 7.90. The van der Waals surface area contributed by atoms with E-state index < -0.39 is 9.84 Å². The van der Waals surface area contributed by atoms with Gasteiger partial charge in [-0.3, -0.25) is 0 Å². The summed E-state index contributed by atoms with van der Waals surface area (Å²) in [5, 5.41) is 8.57. The Labute approximate surface area is 119 Å². The van der Waals surface area contributed by atoms with Crippen molar-refractivity contribution in [2.45, 2.75) is 6.54 Å². The number of aliphatic hydroxyl groups excluding tert-OH is 1. The molecule has 0 aliphatic carbocycles. The normalized spacial score (nSPS) is 11.2. The summed E-state index contributed by atoms with van der Waals surface area (Å²) < 4.78 is 36.0. The molecule has 0 heterocycles. The number of hydrogen-bond acceptors (Lipinski definition) is 4. The fraction of sp³-hybridized carbons (Fsp3) is 0.429. The second-order valence-electron chi connectivity index (χ2n) is 4.63. The predicted molar refractivity (Wildman–Crippen MR) is 76.4 cm³/mol. The smallest absolute Gasteiger partial charge is 0.148 e. The first-order chi connectivity index (χ1) is 9.31. The van der Waals surface area contributed by atoms with Crippen molar-refractivity contribution in [3.8, 4) is 11.8 Å². The van der Waals surface area contributed by atoms with Gasteiger partial charge in [0.25, 0.3) is 0 Å². The summed E-state index contributed by atoms with van der Waals surface area (Å²) in [5.41, 5.74) is 0.981. The van der Waals surface area contributed by atoms with Gasteiger partial charge in [-0.05, 0) is 19.2 Å². The number of aliphatic hydroxyl groups is 1. The van der Waals surface area contributed by atoms with Crippen LogP contribution in [0.15, 0.2) is 18.2 Å². The van der Waals surface area contributed by atoms with Crippen molar-refractivity contribution >= 4 is 9.84 Å². The maximum Gasteiger partial charge on any atom is 0.148 e. The highest BCUT2D eigenvalue weighted by atomic mass is 32.2. The minimum atomic E-state index is -3.02. The largest absolute Gasteiger partial charge is 0.384 e. The predicted octanol–water partition coefficient (Wildman–Crippen LogP) is 0.646. The molecular weight excluding hydrogens is 281 g/mol. The van der Waals surface area contributed by atoms with Crippen LogP contribution in [0.25, 0.3) is 0 Å². The summed E-state index contributed by atoms with van der Waals surface area (Å²) in [6, 6.07) is 4.60. The molecule has 1 aromatic carbocycles. The van der Waals surface area contributed by atoms with Gasteiger partial charge in [0.1, 0.15) is 22.3 Å². The van der Waals surface area contributed by atoms with E-state index in [4.69, 9.17) is 5.11 Å². The van der Waals surface area contributed by atoms with Crippen molar-refractivity contribution in [3.05, 3.63) is 35.1 Å². The second-order valence-corrected chi connectivity index (χ2v) is 6.89. The molecular formula is C14H18FNO3S. The zero-order chi connectivity index (χ0) is 15.2. The van der Waals surface area contributed by atoms with E-state index in [9.17, 15) is 12.8 Å². The Morgan fingerprint density at radius 2 is 2.10 bits per heavy atom. The van der Waals surface area contributed by atoms with Crippen LogP contribution in [-0.2, 0) is 16.4 Å². The monoisotopic (exact) mass is 299 g/mol. The van der Waals surface area contributed by atoms with Gasteiger partial charge in [-0.2, -0.15) is 0 Å². The molecule has 0 saturated carbocycles. The van der Waals surface area contributed by atoms with Gasteiger partial charge in [0.05, 0.1) is 5.75 Å². The topological polar surface area (TPSA) is 57.6 Å². The molecule has 0 spiro atoms. The maximum atomic E-state index is 13.8. The maximum absolute atomic E-state index is 13.8. The first kappa shape index (κ1) is 16.6. The molecule has 0 unspecified atom stereocenters. The first-order valence-corrected chi connectivity index (χ1v) is 8.12. The molecule has 0 saturated heterocycles. The lowest BCUT2D eigenvalue weighted by Gasteiger charge is -2.16. The van der Waals surface area contributed by atoms with Crippen molar-refractivity contribution in [2.24, 2.45) is 0 Å². The van der Waals surface area contributed by atoms with Crippen LogP contribution in [0.4, 0.5) is 4.39 Å². The molecule has 0 amide bonds. The van der Waals surface area contributed by atoms with Crippen molar-refractivity contribution < 1.29 is 17.9 Å². The Morgan fingerprint density at radius 1 is 1.40 bits per heavy atom. The van der Waals surface area contributed by atoms with Crippen LogP contribution in [0.3, 0.4) is 0 Å². The van der Waals surface area contributed by atoms with Gasteiger partial charge in [0.2, 0.25) is 0 Å². The zero-order valence-electron chi connectivity index (χ0n) is 11.6. The average Bonchev–Trinajstić information content (AvgIpc) is 2.36. The van der Waals surface area contributed by atoms with Crippen molar-refractivity contribution in [2.75, 3.05) is 32.2 Å². The number of benzene rings is 1. The molecule has 1 rings (SSSR count). The van der Waals surface area contributed by atoms with E-state index in [2.05, 4.69) is 11.8 Å². The molecule has 0 bridgehead atoms. The zero-order valence-corrected chi connectivity index (χ0v) is 12.4. The number of nitrogens with zero attached hydrogens (tertiary/aromatic N) is 1. The number of hydrogen-bond donors (Lipinski definition) is 1. The van der Waals surface area contributed by atoms with E-state index >= 15 is 0 Å². The molecule has 6 heteroatoms. The Morgan fingerprint density at radius 3 is 2.65 bits per heavy atom. The minimum absolute atomic E-state index is 0.0468. The van der Waals surface area contributed by atoms with Crippen molar-refractivity contribution in [1.82, 2.24) is 4.90 Å². The number of halogens is 1. The van der Waals surface area contributed by atoms with Gasteiger partial charge >= 0.3 is 0 Å². The van der Waals surface area contributed by atoms with Gasteiger partial charge in [-0.1, -0.05) is 17.9 Å². The third-order valence-corrected chi connectivity index (χ3v) is 3.57. The highest BCUT2D eigenvalue weighted by Gasteiger charge is 2.09. The Kier molecular flexibility index (Phi) is 6.14. The Balaban J connectivity index is 2.68. The van der Waals surface area contributed by atoms with Gasteiger partial charge in [-0.15, -0.1) is 0 Å². The fourth-order valence-corrected chi connectivity index (χ4v) is 2.23. The van der Waals surface area contributed by atoms with E-state index in [-0.39, 0.29) is 18.2 Å². The average molecular weight is 299 g/mol. The third kappa shape index (κ3) is 6.15. The van der Waals surface area contributed by atoms with Gasteiger partial charge in [0.15, 0.2) is 0 Å². The quantitative estimate of drug-likeness (QED) is 0.811. The van der Waals surface area contributed by atoms with E-state index in [1.807, 2.05) is 0 Å². The second kappa shape index (κ2) is 7.39. The molecule has 1 aromatic rings. The molecule has 110 valence electrons. The molecule has 0 aliphatic heterocycles. The van der Waals surface area contributed by atoms with Crippen LogP contribution in [-0.4, -0.2) is 50.6 Å². The number of rotatable bonds is 5. The molecule has 4 nitrogen and oxygen atoms in total. The van der Waals surface area contributed by atoms with Crippen LogP contribution >= 0.6 is 0 Å². The van der Waals surface area contributed by atoms with Crippen LogP contribution in [0, 0.1) is 17.7 Å². The molecule has 0 atom stereocenters. The van der Waals surface area contributed by atoms with Crippen LogP contribution in [0.1, 0.15) is 11.1 Å². The van der Waals surface area contributed by atoms with Crippen molar-refractivity contribution in [1.29, 1.82) is 0 Å². The first-order valence-electron chi connectivity index (χ1n) is 6.06. The molecule has 0 fully saturated rings. The molecule has 20 heavy (non-hydrogen) atoms.